The first-order valence-corrected chi connectivity index (χ1v) is 11.1. The first kappa shape index (κ1) is 24.2. The largest absolute Gasteiger partial charge is 0.507 e. The summed E-state index contributed by atoms with van der Waals surface area (Å²) >= 11 is 0. The molecule has 33 heavy (non-hydrogen) atoms. The highest BCUT2D eigenvalue weighted by Gasteiger charge is 2.19. The Balaban J connectivity index is 2.16. The number of fused-ring (bicyclic) bond motifs is 2. The highest BCUT2D eigenvalue weighted by Crippen LogP contribution is 2.37. The van der Waals surface area contributed by atoms with Crippen molar-refractivity contribution in [3.63, 3.8) is 0 Å². The van der Waals surface area contributed by atoms with E-state index < -0.39 is 0 Å². The van der Waals surface area contributed by atoms with Gasteiger partial charge >= 0.3 is 0 Å². The summed E-state index contributed by atoms with van der Waals surface area (Å²) in [5.41, 5.74) is 4.36. The standard InChI is InChI=1S/C28H32O5/c1-17(2)7-9-21-23(32-14-12-19(5)6)16-25-26(27(21)29)28(30)22-10-8-20(15-24(22)33-25)31-13-11-18(3)4/h7-8,10-12,15-16,29H,9,13-14H2,1-6H3. The summed E-state index contributed by atoms with van der Waals surface area (Å²) < 4.78 is 17.8. The van der Waals surface area contributed by atoms with E-state index in [1.807, 2.05) is 59.8 Å². The average molecular weight is 449 g/mol. The van der Waals surface area contributed by atoms with Gasteiger partial charge in [0, 0.05) is 17.7 Å². The van der Waals surface area contributed by atoms with E-state index in [-0.39, 0.29) is 22.1 Å². The van der Waals surface area contributed by atoms with E-state index in [0.717, 1.165) is 16.7 Å². The first-order valence-electron chi connectivity index (χ1n) is 11.1. The molecule has 1 N–H and O–H groups in total. The zero-order valence-corrected chi connectivity index (χ0v) is 20.2. The SMILES string of the molecule is CC(C)=CCOc1ccc2c(=O)c3c(O)c(CC=C(C)C)c(OCC=C(C)C)cc3oc2c1. The molecule has 1 heterocycles. The molecule has 0 spiro atoms. The second-order valence-corrected chi connectivity index (χ2v) is 8.83. The van der Waals surface area contributed by atoms with E-state index >= 15 is 0 Å². The zero-order valence-electron chi connectivity index (χ0n) is 20.2. The van der Waals surface area contributed by atoms with Gasteiger partial charge in [-0.1, -0.05) is 22.8 Å². The summed E-state index contributed by atoms with van der Waals surface area (Å²) in [7, 11) is 0. The molecule has 5 heteroatoms. The van der Waals surface area contributed by atoms with Crippen LogP contribution in [0.4, 0.5) is 0 Å². The van der Waals surface area contributed by atoms with Crippen molar-refractivity contribution < 1.29 is 19.0 Å². The fourth-order valence-electron chi connectivity index (χ4n) is 3.32. The highest BCUT2D eigenvalue weighted by molar-refractivity contribution is 5.95. The lowest BCUT2D eigenvalue weighted by Crippen LogP contribution is -2.06. The first-order chi connectivity index (χ1) is 15.7. The van der Waals surface area contributed by atoms with Gasteiger partial charge in [0.05, 0.1) is 5.39 Å². The molecular formula is C28H32O5. The Kier molecular flexibility index (Phi) is 7.64. The number of aromatic hydroxyl groups is 1. The van der Waals surface area contributed by atoms with E-state index in [1.54, 1.807) is 24.3 Å². The Labute approximate surface area is 194 Å². The van der Waals surface area contributed by atoms with Crippen LogP contribution >= 0.6 is 0 Å². The van der Waals surface area contributed by atoms with Gasteiger partial charge in [-0.3, -0.25) is 4.79 Å². The van der Waals surface area contributed by atoms with E-state index in [0.29, 0.717) is 47.7 Å². The van der Waals surface area contributed by atoms with Gasteiger partial charge in [0.15, 0.2) is 0 Å². The zero-order chi connectivity index (χ0) is 24.1. The number of phenols is 1. The average Bonchev–Trinajstić information content (AvgIpc) is 2.72. The number of ether oxygens (including phenoxy) is 2. The third-order valence-electron chi connectivity index (χ3n) is 5.16. The summed E-state index contributed by atoms with van der Waals surface area (Å²) in [6, 6.07) is 6.81. The van der Waals surface area contributed by atoms with Crippen LogP contribution in [0.5, 0.6) is 17.2 Å². The Morgan fingerprint density at radius 1 is 0.879 bits per heavy atom. The Morgan fingerprint density at radius 3 is 2.15 bits per heavy atom. The normalized spacial score (nSPS) is 10.7. The van der Waals surface area contributed by atoms with Crippen molar-refractivity contribution in [3.05, 3.63) is 75.0 Å². The van der Waals surface area contributed by atoms with E-state index in [2.05, 4.69) is 0 Å². The lowest BCUT2D eigenvalue weighted by Gasteiger charge is -2.14. The van der Waals surface area contributed by atoms with Crippen LogP contribution in [-0.4, -0.2) is 18.3 Å². The summed E-state index contributed by atoms with van der Waals surface area (Å²) in [4.78, 5) is 13.3. The molecule has 0 atom stereocenters. The van der Waals surface area contributed by atoms with Crippen molar-refractivity contribution in [3.8, 4) is 17.2 Å². The van der Waals surface area contributed by atoms with Crippen molar-refractivity contribution in [2.45, 2.75) is 48.0 Å². The molecule has 0 saturated carbocycles. The Morgan fingerprint density at radius 2 is 1.52 bits per heavy atom. The van der Waals surface area contributed by atoms with Crippen LogP contribution in [0.2, 0.25) is 0 Å². The van der Waals surface area contributed by atoms with Crippen molar-refractivity contribution >= 4 is 21.9 Å². The van der Waals surface area contributed by atoms with Gasteiger partial charge in [0.1, 0.15) is 47.0 Å². The molecule has 0 aliphatic rings. The fourth-order valence-corrected chi connectivity index (χ4v) is 3.32. The smallest absolute Gasteiger partial charge is 0.204 e. The lowest BCUT2D eigenvalue weighted by atomic mass is 10.0. The number of benzene rings is 2. The molecule has 0 fully saturated rings. The number of allylic oxidation sites excluding steroid dienone is 4. The minimum Gasteiger partial charge on any atom is -0.507 e. The Bertz CT molecular complexity index is 1310. The molecule has 0 saturated heterocycles. The lowest BCUT2D eigenvalue weighted by molar-refractivity contribution is 0.354. The second kappa shape index (κ2) is 10.4. The van der Waals surface area contributed by atoms with Crippen molar-refractivity contribution in [1.82, 2.24) is 0 Å². The van der Waals surface area contributed by atoms with Gasteiger partial charge in [-0.25, -0.2) is 0 Å². The summed E-state index contributed by atoms with van der Waals surface area (Å²) in [6.07, 6.45) is 6.37. The van der Waals surface area contributed by atoms with E-state index in [9.17, 15) is 9.90 Å². The molecule has 2 aromatic carbocycles. The van der Waals surface area contributed by atoms with Crippen LogP contribution in [0.3, 0.4) is 0 Å². The number of phenolic OH excluding ortho intramolecular Hbond substituents is 1. The summed E-state index contributed by atoms with van der Waals surface area (Å²) in [5.74, 6) is 0.997. The van der Waals surface area contributed by atoms with Gasteiger partial charge in [-0.05, 0) is 72.2 Å². The minimum atomic E-state index is -0.283. The molecule has 5 nitrogen and oxygen atoms in total. The maximum absolute atomic E-state index is 13.3. The molecule has 0 unspecified atom stereocenters. The van der Waals surface area contributed by atoms with Crippen LogP contribution in [0.1, 0.15) is 47.1 Å². The minimum absolute atomic E-state index is 0.100. The van der Waals surface area contributed by atoms with Crippen LogP contribution in [-0.2, 0) is 6.42 Å². The maximum atomic E-state index is 13.3. The third kappa shape index (κ3) is 5.86. The van der Waals surface area contributed by atoms with Gasteiger partial charge < -0.3 is 19.0 Å². The predicted octanol–water partition coefficient (Wildman–Crippen LogP) is 6.85. The van der Waals surface area contributed by atoms with Crippen LogP contribution in [0.25, 0.3) is 21.9 Å². The quantitative estimate of drug-likeness (QED) is 0.301. The predicted molar refractivity (Wildman–Crippen MR) is 135 cm³/mol. The number of hydrogen-bond donors (Lipinski definition) is 1. The molecule has 0 radical (unpaired) electrons. The van der Waals surface area contributed by atoms with Crippen LogP contribution in [0, 0.1) is 0 Å². The Hall–Kier alpha value is -3.47. The molecule has 3 rings (SSSR count). The molecular weight excluding hydrogens is 416 g/mol. The molecule has 0 amide bonds. The van der Waals surface area contributed by atoms with Gasteiger partial charge in [0.25, 0.3) is 0 Å². The van der Waals surface area contributed by atoms with Crippen molar-refractivity contribution in [1.29, 1.82) is 0 Å². The van der Waals surface area contributed by atoms with E-state index in [4.69, 9.17) is 13.9 Å². The molecule has 3 aromatic rings. The summed E-state index contributed by atoms with van der Waals surface area (Å²) in [6.45, 7) is 12.8. The molecule has 174 valence electrons. The molecule has 0 aliphatic heterocycles. The fraction of sp³-hybridized carbons (Fsp3) is 0.321. The van der Waals surface area contributed by atoms with Crippen LogP contribution in [0.15, 0.2) is 68.4 Å². The third-order valence-corrected chi connectivity index (χ3v) is 5.16. The summed E-state index contributed by atoms with van der Waals surface area (Å²) in [5, 5.41) is 11.6. The van der Waals surface area contributed by atoms with Crippen LogP contribution < -0.4 is 14.9 Å². The highest BCUT2D eigenvalue weighted by atomic mass is 16.5. The van der Waals surface area contributed by atoms with Gasteiger partial charge in [-0.2, -0.15) is 0 Å². The second-order valence-electron chi connectivity index (χ2n) is 8.83. The van der Waals surface area contributed by atoms with Gasteiger partial charge in [-0.15, -0.1) is 0 Å². The number of hydrogen-bond acceptors (Lipinski definition) is 5. The maximum Gasteiger partial charge on any atom is 0.204 e. The topological polar surface area (TPSA) is 68.9 Å². The number of rotatable bonds is 8. The molecule has 1 aromatic heterocycles. The monoisotopic (exact) mass is 448 g/mol. The van der Waals surface area contributed by atoms with Gasteiger partial charge in [0.2, 0.25) is 5.43 Å². The molecule has 0 aliphatic carbocycles. The van der Waals surface area contributed by atoms with Crippen molar-refractivity contribution in [2.75, 3.05) is 13.2 Å². The molecule has 0 bridgehead atoms. The van der Waals surface area contributed by atoms with Crippen molar-refractivity contribution in [2.24, 2.45) is 0 Å². The van der Waals surface area contributed by atoms with E-state index in [1.165, 1.54) is 0 Å².